The van der Waals surface area contributed by atoms with Crippen molar-refractivity contribution in [3.8, 4) is 0 Å². The first-order valence-corrected chi connectivity index (χ1v) is 5.83. The maximum atomic E-state index is 12.0. The number of nitrogens with zero attached hydrogens (tertiary/aromatic N) is 1. The van der Waals surface area contributed by atoms with Gasteiger partial charge >= 0.3 is 5.97 Å². The van der Waals surface area contributed by atoms with Gasteiger partial charge in [-0.2, -0.15) is 0 Å². The number of carbonyl (C=O) groups is 2. The number of hydrogen-bond acceptors (Lipinski definition) is 4. The number of rotatable bonds is 4. The first kappa shape index (κ1) is 12.6. The predicted molar refractivity (Wildman–Crippen MR) is 61.4 cm³/mol. The topological polar surface area (TPSA) is 91.0 Å². The second-order valence-electron chi connectivity index (χ2n) is 4.42. The Bertz CT molecular complexity index is 453. The number of carboxylic acid groups (broad SMARTS) is 1. The fraction of sp³-hybridized carbons (Fsp3) is 0.500. The fourth-order valence-corrected chi connectivity index (χ4v) is 2.15. The van der Waals surface area contributed by atoms with E-state index >= 15 is 0 Å². The number of carboxylic acids is 1. The van der Waals surface area contributed by atoms with Crippen LogP contribution >= 0.6 is 0 Å². The molecule has 1 fully saturated rings. The largest absolute Gasteiger partial charge is 0.478 e. The van der Waals surface area contributed by atoms with Crippen LogP contribution in [0, 0.1) is 5.92 Å². The van der Waals surface area contributed by atoms with Crippen molar-refractivity contribution in [3.63, 3.8) is 0 Å². The number of hydrogen-bond donors (Lipinski definition) is 2. The Kier molecular flexibility index (Phi) is 3.66. The molecule has 1 atom stereocenters. The predicted octanol–water partition coefficient (Wildman–Crippen LogP) is 0.822. The standard InChI is InChI=1S/C12H15NO5/c14-4-2-8-1-3-13(6-8)11(15)10-5-9(7-18-10)12(16)17/h5,7-8,14H,1-4,6H2,(H,16,17). The van der Waals surface area contributed by atoms with Gasteiger partial charge in [0.2, 0.25) is 0 Å². The van der Waals surface area contributed by atoms with Gasteiger partial charge in [0, 0.05) is 25.8 Å². The zero-order valence-corrected chi connectivity index (χ0v) is 9.83. The maximum absolute atomic E-state index is 12.0. The summed E-state index contributed by atoms with van der Waals surface area (Å²) in [6.07, 6.45) is 2.61. The van der Waals surface area contributed by atoms with Crippen LogP contribution in [0.3, 0.4) is 0 Å². The summed E-state index contributed by atoms with van der Waals surface area (Å²) in [7, 11) is 0. The molecule has 98 valence electrons. The van der Waals surface area contributed by atoms with Crippen molar-refractivity contribution >= 4 is 11.9 Å². The molecular weight excluding hydrogens is 238 g/mol. The minimum absolute atomic E-state index is 0.0237. The van der Waals surface area contributed by atoms with Gasteiger partial charge in [-0.3, -0.25) is 4.79 Å². The highest BCUT2D eigenvalue weighted by molar-refractivity contribution is 5.95. The molecule has 0 saturated carbocycles. The van der Waals surface area contributed by atoms with Crippen molar-refractivity contribution in [1.29, 1.82) is 0 Å². The van der Waals surface area contributed by atoms with Gasteiger partial charge in [0.25, 0.3) is 5.91 Å². The van der Waals surface area contributed by atoms with Gasteiger partial charge in [-0.25, -0.2) is 4.79 Å². The van der Waals surface area contributed by atoms with Gasteiger partial charge in [0.1, 0.15) is 6.26 Å². The molecule has 0 spiro atoms. The molecule has 1 aliphatic heterocycles. The van der Waals surface area contributed by atoms with E-state index in [1.165, 1.54) is 6.07 Å². The molecular formula is C12H15NO5. The van der Waals surface area contributed by atoms with E-state index in [0.717, 1.165) is 12.7 Å². The number of amides is 1. The summed E-state index contributed by atoms with van der Waals surface area (Å²) in [5.41, 5.74) is -0.0237. The van der Waals surface area contributed by atoms with Crippen molar-refractivity contribution in [2.24, 2.45) is 5.92 Å². The Hall–Kier alpha value is -1.82. The zero-order valence-electron chi connectivity index (χ0n) is 9.83. The smallest absolute Gasteiger partial charge is 0.338 e. The number of aliphatic hydroxyl groups is 1. The lowest BCUT2D eigenvalue weighted by atomic mass is 10.1. The Morgan fingerprint density at radius 2 is 2.28 bits per heavy atom. The van der Waals surface area contributed by atoms with Crippen LogP contribution in [0.2, 0.25) is 0 Å². The molecule has 1 aliphatic rings. The van der Waals surface area contributed by atoms with Crippen LogP contribution < -0.4 is 0 Å². The number of aromatic carboxylic acids is 1. The SMILES string of the molecule is O=C(O)c1coc(C(=O)N2CCC(CCO)C2)c1. The van der Waals surface area contributed by atoms with Crippen LogP contribution in [0.4, 0.5) is 0 Å². The third-order valence-corrected chi connectivity index (χ3v) is 3.17. The first-order chi connectivity index (χ1) is 8.61. The van der Waals surface area contributed by atoms with E-state index < -0.39 is 5.97 Å². The van der Waals surface area contributed by atoms with Gasteiger partial charge in [-0.1, -0.05) is 0 Å². The van der Waals surface area contributed by atoms with Crippen molar-refractivity contribution in [2.75, 3.05) is 19.7 Å². The lowest BCUT2D eigenvalue weighted by Crippen LogP contribution is -2.28. The molecule has 1 amide bonds. The minimum Gasteiger partial charge on any atom is -0.478 e. The first-order valence-electron chi connectivity index (χ1n) is 5.83. The van der Waals surface area contributed by atoms with Gasteiger partial charge in [0.05, 0.1) is 5.56 Å². The molecule has 2 rings (SSSR count). The summed E-state index contributed by atoms with van der Waals surface area (Å²) in [4.78, 5) is 24.3. The van der Waals surface area contributed by atoms with E-state index in [-0.39, 0.29) is 23.8 Å². The Morgan fingerprint density at radius 1 is 1.50 bits per heavy atom. The molecule has 0 aliphatic carbocycles. The molecule has 2 heterocycles. The number of aliphatic hydroxyl groups excluding tert-OH is 1. The van der Waals surface area contributed by atoms with E-state index in [2.05, 4.69) is 0 Å². The molecule has 6 heteroatoms. The van der Waals surface area contributed by atoms with Crippen LogP contribution in [0.1, 0.15) is 33.8 Å². The summed E-state index contributed by atoms with van der Waals surface area (Å²) < 4.78 is 4.97. The van der Waals surface area contributed by atoms with E-state index in [1.807, 2.05) is 0 Å². The number of furan rings is 1. The lowest BCUT2D eigenvalue weighted by Gasteiger charge is -2.14. The molecule has 1 aromatic heterocycles. The average Bonchev–Trinajstić information content (AvgIpc) is 2.97. The molecule has 0 radical (unpaired) electrons. The Labute approximate surface area is 104 Å². The number of likely N-dealkylation sites (tertiary alicyclic amines) is 1. The van der Waals surface area contributed by atoms with Crippen molar-refractivity contribution in [3.05, 3.63) is 23.7 Å². The van der Waals surface area contributed by atoms with E-state index in [0.29, 0.717) is 25.4 Å². The molecule has 1 saturated heterocycles. The normalized spacial score (nSPS) is 19.2. The third-order valence-electron chi connectivity index (χ3n) is 3.17. The second-order valence-corrected chi connectivity index (χ2v) is 4.42. The van der Waals surface area contributed by atoms with Gasteiger partial charge in [0.15, 0.2) is 5.76 Å². The molecule has 1 unspecified atom stereocenters. The monoisotopic (exact) mass is 253 g/mol. The van der Waals surface area contributed by atoms with Gasteiger partial charge in [-0.15, -0.1) is 0 Å². The van der Waals surface area contributed by atoms with E-state index in [1.54, 1.807) is 4.90 Å². The summed E-state index contributed by atoms with van der Waals surface area (Å²) in [5.74, 6) is -1.04. The van der Waals surface area contributed by atoms with Crippen LogP contribution in [0.25, 0.3) is 0 Å². The fourth-order valence-electron chi connectivity index (χ4n) is 2.15. The van der Waals surface area contributed by atoms with E-state index in [4.69, 9.17) is 14.6 Å². The Balaban J connectivity index is 2.01. The minimum atomic E-state index is -1.11. The van der Waals surface area contributed by atoms with Crippen LogP contribution in [0.15, 0.2) is 16.7 Å². The van der Waals surface area contributed by atoms with Crippen LogP contribution in [-0.2, 0) is 0 Å². The molecule has 18 heavy (non-hydrogen) atoms. The quantitative estimate of drug-likeness (QED) is 0.829. The summed E-state index contributed by atoms with van der Waals surface area (Å²) in [6.45, 7) is 1.33. The molecule has 0 aromatic carbocycles. The number of carbonyl (C=O) groups excluding carboxylic acids is 1. The Morgan fingerprint density at radius 3 is 2.89 bits per heavy atom. The summed E-state index contributed by atoms with van der Waals surface area (Å²) in [6, 6.07) is 1.24. The zero-order chi connectivity index (χ0) is 13.1. The molecule has 1 aromatic rings. The highest BCUT2D eigenvalue weighted by Gasteiger charge is 2.28. The van der Waals surface area contributed by atoms with Gasteiger partial charge < -0.3 is 19.5 Å². The highest BCUT2D eigenvalue weighted by atomic mass is 16.4. The molecule has 0 bridgehead atoms. The van der Waals surface area contributed by atoms with Gasteiger partial charge in [-0.05, 0) is 18.8 Å². The van der Waals surface area contributed by atoms with Crippen molar-refractivity contribution in [1.82, 2.24) is 4.90 Å². The molecule has 6 nitrogen and oxygen atoms in total. The van der Waals surface area contributed by atoms with Crippen molar-refractivity contribution in [2.45, 2.75) is 12.8 Å². The van der Waals surface area contributed by atoms with E-state index in [9.17, 15) is 9.59 Å². The lowest BCUT2D eigenvalue weighted by molar-refractivity contribution is 0.0695. The molecule has 2 N–H and O–H groups in total. The maximum Gasteiger partial charge on any atom is 0.338 e. The third kappa shape index (κ3) is 2.53. The average molecular weight is 253 g/mol. The summed E-state index contributed by atoms with van der Waals surface area (Å²) >= 11 is 0. The summed E-state index contributed by atoms with van der Waals surface area (Å²) in [5, 5.41) is 17.6. The van der Waals surface area contributed by atoms with Crippen LogP contribution in [0.5, 0.6) is 0 Å². The highest BCUT2D eigenvalue weighted by Crippen LogP contribution is 2.21. The second kappa shape index (κ2) is 5.22. The van der Waals surface area contributed by atoms with Crippen LogP contribution in [-0.4, -0.2) is 46.7 Å². The van der Waals surface area contributed by atoms with Crippen molar-refractivity contribution < 1.29 is 24.2 Å².